The molecule has 184 valence electrons. The molecular weight excluding hydrogens is 443 g/mol. The molecule has 2 fully saturated rings. The van der Waals surface area contributed by atoms with Gasteiger partial charge in [-0.25, -0.2) is 13.2 Å². The highest BCUT2D eigenvalue weighted by Crippen LogP contribution is 2.31. The van der Waals surface area contributed by atoms with Crippen molar-refractivity contribution in [3.63, 3.8) is 0 Å². The molecule has 1 saturated carbocycles. The summed E-state index contributed by atoms with van der Waals surface area (Å²) in [5.41, 5.74) is -0.671. The van der Waals surface area contributed by atoms with Crippen LogP contribution in [-0.4, -0.2) is 47.2 Å². The van der Waals surface area contributed by atoms with Crippen molar-refractivity contribution >= 4 is 17.3 Å². The van der Waals surface area contributed by atoms with Crippen molar-refractivity contribution in [2.45, 2.75) is 63.5 Å². The lowest BCUT2D eigenvalue weighted by Crippen LogP contribution is -2.67. The van der Waals surface area contributed by atoms with E-state index in [4.69, 9.17) is 5.11 Å². The molecule has 8 heteroatoms. The summed E-state index contributed by atoms with van der Waals surface area (Å²) in [6.07, 6.45) is 8.41. The highest BCUT2D eigenvalue weighted by molar-refractivity contribution is 6.01. The molecule has 1 aliphatic heterocycles. The van der Waals surface area contributed by atoms with Crippen molar-refractivity contribution in [3.8, 4) is 0 Å². The van der Waals surface area contributed by atoms with Crippen LogP contribution in [0.2, 0.25) is 0 Å². The zero-order chi connectivity index (χ0) is 24.3. The molecule has 2 aromatic rings. The maximum Gasteiger partial charge on any atom is 0.256 e. The molecule has 1 saturated heterocycles. The standard InChI is InChI=1S/C26H32F3N3O2/c1-17-9-12-22(21(28)13-17)31-24-19(10-11-20(27)23(24)29)25(33)32-15-26(34,16-32)14-30-18-7-5-3-2-4-6-8-18/h9-13,18,30-31,34H,2-8,14-16H2,1H3/p+1. The lowest BCUT2D eigenvalue weighted by molar-refractivity contribution is -0.0800. The van der Waals surface area contributed by atoms with E-state index in [0.29, 0.717) is 18.2 Å². The third kappa shape index (κ3) is 5.55. The van der Waals surface area contributed by atoms with Crippen LogP contribution in [0.4, 0.5) is 24.5 Å². The van der Waals surface area contributed by atoms with E-state index in [1.54, 1.807) is 13.0 Å². The summed E-state index contributed by atoms with van der Waals surface area (Å²) in [5, 5.41) is 14.7. The molecule has 0 radical (unpaired) electrons. The number of carbonyl (C=O) groups is 1. The Morgan fingerprint density at radius 2 is 1.71 bits per heavy atom. The van der Waals surface area contributed by atoms with Gasteiger partial charge in [-0.15, -0.1) is 0 Å². The van der Waals surface area contributed by atoms with Gasteiger partial charge in [-0.05, 0) is 49.6 Å². The second kappa shape index (κ2) is 10.4. The van der Waals surface area contributed by atoms with Crippen LogP contribution < -0.4 is 10.6 Å². The summed E-state index contributed by atoms with van der Waals surface area (Å²) in [7, 11) is 0. The number of halogens is 3. The van der Waals surface area contributed by atoms with Crippen molar-refractivity contribution in [3.05, 3.63) is 58.9 Å². The Labute approximate surface area is 198 Å². The number of amides is 1. The molecule has 0 unspecified atom stereocenters. The van der Waals surface area contributed by atoms with E-state index >= 15 is 0 Å². The van der Waals surface area contributed by atoms with Gasteiger partial charge < -0.3 is 20.6 Å². The first-order valence-corrected chi connectivity index (χ1v) is 12.0. The van der Waals surface area contributed by atoms with E-state index in [0.717, 1.165) is 18.9 Å². The largest absolute Gasteiger partial charge is 0.437 e. The van der Waals surface area contributed by atoms with Crippen LogP contribution in [0.15, 0.2) is 30.3 Å². The zero-order valence-corrected chi connectivity index (χ0v) is 19.5. The molecule has 34 heavy (non-hydrogen) atoms. The topological polar surface area (TPSA) is 67.3 Å². The molecule has 0 aromatic heterocycles. The SMILES string of the molecule is Cc1ccc(Nc2c(C(=O)N3CC([OH2+])(CNC4CCCCCCC4)C3)ccc(F)c2F)c(F)c1. The van der Waals surface area contributed by atoms with Crippen molar-refractivity contribution in [2.75, 3.05) is 25.0 Å². The van der Waals surface area contributed by atoms with Crippen LogP contribution in [-0.2, 0) is 0 Å². The zero-order valence-electron chi connectivity index (χ0n) is 19.5. The molecule has 0 atom stereocenters. The maximum absolute atomic E-state index is 14.7. The summed E-state index contributed by atoms with van der Waals surface area (Å²) in [5.74, 6) is -3.51. The van der Waals surface area contributed by atoms with Gasteiger partial charge in [0.25, 0.3) is 5.91 Å². The Kier molecular flexibility index (Phi) is 7.48. The summed E-state index contributed by atoms with van der Waals surface area (Å²) in [6, 6.07) is 6.82. The third-order valence-corrected chi connectivity index (χ3v) is 6.82. The fraction of sp³-hybridized carbons (Fsp3) is 0.500. The Balaban J connectivity index is 1.43. The smallest absolute Gasteiger partial charge is 0.256 e. The van der Waals surface area contributed by atoms with Crippen LogP contribution in [0.1, 0.15) is 60.9 Å². The van der Waals surface area contributed by atoms with E-state index in [1.807, 2.05) is 0 Å². The molecule has 1 heterocycles. The van der Waals surface area contributed by atoms with E-state index in [1.165, 1.54) is 55.2 Å². The van der Waals surface area contributed by atoms with Gasteiger partial charge in [-0.2, -0.15) is 0 Å². The molecule has 1 aliphatic carbocycles. The summed E-state index contributed by atoms with van der Waals surface area (Å²) < 4.78 is 43.0. The van der Waals surface area contributed by atoms with Crippen molar-refractivity contribution in [1.29, 1.82) is 0 Å². The van der Waals surface area contributed by atoms with Gasteiger partial charge >= 0.3 is 0 Å². The molecule has 5 nitrogen and oxygen atoms in total. The number of nitrogens with one attached hydrogen (secondary N) is 2. The summed E-state index contributed by atoms with van der Waals surface area (Å²) in [4.78, 5) is 14.6. The minimum Gasteiger partial charge on any atom is -0.437 e. The number of rotatable bonds is 6. The van der Waals surface area contributed by atoms with Crippen molar-refractivity contribution in [2.24, 2.45) is 0 Å². The average Bonchev–Trinajstić information content (AvgIpc) is 2.75. The number of nitrogens with zero attached hydrogens (tertiary/aromatic N) is 1. The lowest BCUT2D eigenvalue weighted by atomic mass is 9.91. The van der Waals surface area contributed by atoms with E-state index in [9.17, 15) is 18.0 Å². The fourth-order valence-corrected chi connectivity index (χ4v) is 4.82. The first-order valence-electron chi connectivity index (χ1n) is 12.0. The van der Waals surface area contributed by atoms with Crippen LogP contribution in [0, 0.1) is 24.4 Å². The first kappa shape index (κ1) is 24.5. The lowest BCUT2D eigenvalue weighted by Gasteiger charge is -2.43. The van der Waals surface area contributed by atoms with E-state index in [2.05, 4.69) is 10.6 Å². The molecule has 0 bridgehead atoms. The summed E-state index contributed by atoms with van der Waals surface area (Å²) >= 11 is 0. The maximum atomic E-state index is 14.7. The number of hydrogen-bond acceptors (Lipinski definition) is 3. The number of aryl methyl sites for hydroxylation is 1. The Bertz CT molecular complexity index is 1030. The van der Waals surface area contributed by atoms with Gasteiger partial charge in [-0.3, -0.25) is 4.79 Å². The van der Waals surface area contributed by atoms with E-state index < -0.39 is 34.6 Å². The molecule has 0 spiro atoms. The van der Waals surface area contributed by atoms with Crippen molar-refractivity contribution in [1.82, 2.24) is 10.2 Å². The number of likely N-dealkylation sites (tertiary alicyclic amines) is 1. The molecule has 1 amide bonds. The quantitative estimate of drug-likeness (QED) is 0.590. The van der Waals surface area contributed by atoms with Crippen LogP contribution in [0.25, 0.3) is 0 Å². The van der Waals surface area contributed by atoms with Crippen LogP contribution >= 0.6 is 0 Å². The average molecular weight is 477 g/mol. The molecule has 4 N–H and O–H groups in total. The number of benzene rings is 2. The second-order valence-electron chi connectivity index (χ2n) is 9.76. The highest BCUT2D eigenvalue weighted by atomic mass is 19.2. The fourth-order valence-electron chi connectivity index (χ4n) is 4.82. The van der Waals surface area contributed by atoms with Gasteiger partial charge in [-0.1, -0.05) is 38.2 Å². The highest BCUT2D eigenvalue weighted by Gasteiger charge is 2.49. The monoisotopic (exact) mass is 476 g/mol. The Morgan fingerprint density at radius 1 is 1.03 bits per heavy atom. The Hall–Kier alpha value is -2.58. The van der Waals surface area contributed by atoms with Crippen LogP contribution in [0.5, 0.6) is 0 Å². The van der Waals surface area contributed by atoms with Gasteiger partial charge in [0.05, 0.1) is 36.6 Å². The Morgan fingerprint density at radius 3 is 2.38 bits per heavy atom. The minimum absolute atomic E-state index is 0.0500. The number of carbonyl (C=O) groups excluding carboxylic acids is 1. The number of hydrogen-bond donors (Lipinski definition) is 2. The predicted molar refractivity (Wildman–Crippen MR) is 127 cm³/mol. The number of anilines is 2. The molecule has 4 rings (SSSR count). The molecule has 2 aliphatic rings. The van der Waals surface area contributed by atoms with E-state index in [-0.39, 0.29) is 24.3 Å². The second-order valence-corrected chi connectivity index (χ2v) is 9.76. The molecular formula is C26H33F3N3O2+. The third-order valence-electron chi connectivity index (χ3n) is 6.82. The first-order chi connectivity index (χ1) is 16.3. The minimum atomic E-state index is -1.24. The van der Waals surface area contributed by atoms with Crippen molar-refractivity contribution < 1.29 is 23.1 Å². The molecule has 2 aromatic carbocycles. The predicted octanol–water partition coefficient (Wildman–Crippen LogP) is 4.78. The normalized spacial score (nSPS) is 18.7. The van der Waals surface area contributed by atoms with Crippen LogP contribution in [0.3, 0.4) is 0 Å². The van der Waals surface area contributed by atoms with Gasteiger partial charge in [0.1, 0.15) is 5.82 Å². The van der Waals surface area contributed by atoms with Gasteiger partial charge in [0.15, 0.2) is 11.6 Å². The summed E-state index contributed by atoms with van der Waals surface area (Å²) in [6.45, 7) is 2.60. The van der Waals surface area contributed by atoms with Gasteiger partial charge in [0, 0.05) is 6.04 Å². The van der Waals surface area contributed by atoms with Gasteiger partial charge in [0.2, 0.25) is 5.60 Å².